The van der Waals surface area contributed by atoms with Crippen molar-refractivity contribution in [1.29, 1.82) is 0 Å². The summed E-state index contributed by atoms with van der Waals surface area (Å²) in [6, 6.07) is 3.73. The molecule has 0 saturated heterocycles. The van der Waals surface area contributed by atoms with E-state index in [-0.39, 0.29) is 17.4 Å². The number of hydrogen-bond acceptors (Lipinski definition) is 3. The summed E-state index contributed by atoms with van der Waals surface area (Å²) in [4.78, 5) is 12.1. The zero-order valence-electron chi connectivity index (χ0n) is 14.0. The molecule has 1 amide bonds. The van der Waals surface area contributed by atoms with Gasteiger partial charge in [-0.25, -0.2) is 0 Å². The van der Waals surface area contributed by atoms with Gasteiger partial charge in [0.15, 0.2) is 0 Å². The third-order valence-corrected chi connectivity index (χ3v) is 4.03. The highest BCUT2D eigenvalue weighted by molar-refractivity contribution is 5.76. The molecule has 1 rings (SSSR count). The van der Waals surface area contributed by atoms with Crippen LogP contribution in [0.15, 0.2) is 16.5 Å². The van der Waals surface area contributed by atoms with Gasteiger partial charge in [0.25, 0.3) is 0 Å². The maximum atomic E-state index is 12.1. The SMILES string of the molecule is Cc1ccc(C(C)NC(=O)CCC(CCN)C(C)(C)C)o1. The molecule has 0 radical (unpaired) electrons. The minimum absolute atomic E-state index is 0.0721. The number of amides is 1. The van der Waals surface area contributed by atoms with E-state index in [1.54, 1.807) is 0 Å². The summed E-state index contributed by atoms with van der Waals surface area (Å²) in [5, 5.41) is 2.99. The predicted molar refractivity (Wildman–Crippen MR) is 85.9 cm³/mol. The van der Waals surface area contributed by atoms with Gasteiger partial charge in [0.2, 0.25) is 5.91 Å². The molecule has 0 saturated carbocycles. The molecular formula is C17H30N2O2. The molecule has 0 aliphatic rings. The van der Waals surface area contributed by atoms with Crippen molar-refractivity contribution in [1.82, 2.24) is 5.32 Å². The average Bonchev–Trinajstić information content (AvgIpc) is 2.79. The molecular weight excluding hydrogens is 264 g/mol. The molecule has 1 heterocycles. The fourth-order valence-corrected chi connectivity index (χ4v) is 2.59. The van der Waals surface area contributed by atoms with Crippen LogP contribution in [0.5, 0.6) is 0 Å². The van der Waals surface area contributed by atoms with Gasteiger partial charge >= 0.3 is 0 Å². The van der Waals surface area contributed by atoms with Crippen LogP contribution in [0.3, 0.4) is 0 Å². The van der Waals surface area contributed by atoms with Gasteiger partial charge in [-0.15, -0.1) is 0 Å². The highest BCUT2D eigenvalue weighted by atomic mass is 16.3. The molecule has 0 aliphatic heterocycles. The summed E-state index contributed by atoms with van der Waals surface area (Å²) in [7, 11) is 0. The molecule has 0 fully saturated rings. The first-order chi connectivity index (χ1) is 9.74. The largest absolute Gasteiger partial charge is 0.464 e. The number of rotatable bonds is 7. The first kappa shape index (κ1) is 17.8. The van der Waals surface area contributed by atoms with E-state index >= 15 is 0 Å². The van der Waals surface area contributed by atoms with Crippen molar-refractivity contribution < 1.29 is 9.21 Å². The van der Waals surface area contributed by atoms with Crippen LogP contribution < -0.4 is 11.1 Å². The summed E-state index contributed by atoms with van der Waals surface area (Å²) in [6.07, 6.45) is 2.37. The Kier molecular flexibility index (Phi) is 6.46. The molecule has 3 N–H and O–H groups in total. The van der Waals surface area contributed by atoms with Crippen molar-refractivity contribution in [2.45, 2.75) is 59.9 Å². The van der Waals surface area contributed by atoms with E-state index in [4.69, 9.17) is 10.2 Å². The molecule has 0 aromatic carbocycles. The molecule has 2 atom stereocenters. The van der Waals surface area contributed by atoms with Crippen LogP contribution in [-0.4, -0.2) is 12.5 Å². The van der Waals surface area contributed by atoms with Gasteiger partial charge in [-0.2, -0.15) is 0 Å². The van der Waals surface area contributed by atoms with Crippen molar-refractivity contribution >= 4 is 5.91 Å². The average molecular weight is 294 g/mol. The lowest BCUT2D eigenvalue weighted by molar-refractivity contribution is -0.122. The van der Waals surface area contributed by atoms with E-state index in [0.717, 1.165) is 24.4 Å². The molecule has 4 heteroatoms. The Balaban J connectivity index is 2.46. The van der Waals surface area contributed by atoms with Crippen LogP contribution in [0.4, 0.5) is 0 Å². The monoisotopic (exact) mass is 294 g/mol. The van der Waals surface area contributed by atoms with E-state index in [1.165, 1.54) is 0 Å². The maximum Gasteiger partial charge on any atom is 0.220 e. The zero-order valence-corrected chi connectivity index (χ0v) is 14.0. The lowest BCUT2D eigenvalue weighted by Crippen LogP contribution is -2.29. The first-order valence-electron chi connectivity index (χ1n) is 7.79. The minimum atomic E-state index is -0.0891. The highest BCUT2D eigenvalue weighted by Crippen LogP contribution is 2.32. The number of nitrogens with two attached hydrogens (primary N) is 1. The van der Waals surface area contributed by atoms with E-state index in [9.17, 15) is 4.79 Å². The molecule has 2 unspecified atom stereocenters. The standard InChI is InChI=1S/C17H30N2O2/c1-12-6-8-15(21-12)13(2)19-16(20)9-7-14(10-11-18)17(3,4)5/h6,8,13-14H,7,9-11,18H2,1-5H3,(H,19,20). The van der Waals surface area contributed by atoms with Crippen molar-refractivity contribution in [3.8, 4) is 0 Å². The third kappa shape index (κ3) is 5.92. The summed E-state index contributed by atoms with van der Waals surface area (Å²) >= 11 is 0. The first-order valence-corrected chi connectivity index (χ1v) is 7.79. The highest BCUT2D eigenvalue weighted by Gasteiger charge is 2.24. The second kappa shape index (κ2) is 7.64. The van der Waals surface area contributed by atoms with Crippen molar-refractivity contribution in [2.75, 3.05) is 6.54 Å². The molecule has 0 bridgehead atoms. The number of aryl methyl sites for hydroxylation is 1. The summed E-state index contributed by atoms with van der Waals surface area (Å²) in [6.45, 7) is 11.1. The van der Waals surface area contributed by atoms with Crippen LogP contribution in [0.1, 0.15) is 64.5 Å². The minimum Gasteiger partial charge on any atom is -0.464 e. The lowest BCUT2D eigenvalue weighted by Gasteiger charge is -2.30. The normalized spacial score (nSPS) is 14.8. The maximum absolute atomic E-state index is 12.1. The molecule has 1 aromatic heterocycles. The van der Waals surface area contributed by atoms with Gasteiger partial charge < -0.3 is 15.5 Å². The van der Waals surface area contributed by atoms with Crippen molar-refractivity contribution in [3.05, 3.63) is 23.7 Å². The van der Waals surface area contributed by atoms with Gasteiger partial charge in [-0.3, -0.25) is 4.79 Å². The van der Waals surface area contributed by atoms with Crippen LogP contribution in [0.25, 0.3) is 0 Å². The van der Waals surface area contributed by atoms with Crippen LogP contribution >= 0.6 is 0 Å². The van der Waals surface area contributed by atoms with Gasteiger partial charge in [0.1, 0.15) is 11.5 Å². The number of nitrogens with one attached hydrogen (secondary N) is 1. The fourth-order valence-electron chi connectivity index (χ4n) is 2.59. The third-order valence-electron chi connectivity index (χ3n) is 4.03. The second-order valence-electron chi connectivity index (χ2n) is 6.92. The van der Waals surface area contributed by atoms with E-state index < -0.39 is 0 Å². The van der Waals surface area contributed by atoms with Crippen LogP contribution in [-0.2, 0) is 4.79 Å². The zero-order chi connectivity index (χ0) is 16.0. The Bertz CT molecular complexity index is 446. The molecule has 21 heavy (non-hydrogen) atoms. The van der Waals surface area contributed by atoms with E-state index in [1.807, 2.05) is 26.0 Å². The Hall–Kier alpha value is -1.29. The van der Waals surface area contributed by atoms with Crippen molar-refractivity contribution in [2.24, 2.45) is 17.1 Å². The second-order valence-corrected chi connectivity index (χ2v) is 6.92. The van der Waals surface area contributed by atoms with Crippen molar-refractivity contribution in [3.63, 3.8) is 0 Å². The lowest BCUT2D eigenvalue weighted by atomic mass is 9.76. The quantitative estimate of drug-likeness (QED) is 0.808. The Labute approximate surface area is 128 Å². The van der Waals surface area contributed by atoms with Crippen LogP contribution in [0.2, 0.25) is 0 Å². The van der Waals surface area contributed by atoms with Gasteiger partial charge in [-0.1, -0.05) is 20.8 Å². The predicted octanol–water partition coefficient (Wildman–Crippen LogP) is 3.56. The Morgan fingerprint density at radius 1 is 1.33 bits per heavy atom. The summed E-state index contributed by atoms with van der Waals surface area (Å²) in [5.41, 5.74) is 5.86. The molecule has 120 valence electrons. The van der Waals surface area contributed by atoms with E-state index in [0.29, 0.717) is 18.9 Å². The van der Waals surface area contributed by atoms with Gasteiger partial charge in [0, 0.05) is 6.42 Å². The molecule has 1 aromatic rings. The van der Waals surface area contributed by atoms with Gasteiger partial charge in [-0.05, 0) is 56.7 Å². The Morgan fingerprint density at radius 3 is 2.48 bits per heavy atom. The smallest absolute Gasteiger partial charge is 0.220 e. The van der Waals surface area contributed by atoms with Gasteiger partial charge in [0.05, 0.1) is 6.04 Å². The summed E-state index contributed by atoms with van der Waals surface area (Å²) in [5.74, 6) is 2.20. The number of furan rings is 1. The summed E-state index contributed by atoms with van der Waals surface area (Å²) < 4.78 is 5.53. The number of hydrogen-bond donors (Lipinski definition) is 2. The molecule has 0 aliphatic carbocycles. The fraction of sp³-hybridized carbons (Fsp3) is 0.706. The van der Waals surface area contributed by atoms with Crippen LogP contribution in [0, 0.1) is 18.3 Å². The number of carbonyl (C=O) groups excluding carboxylic acids is 1. The topological polar surface area (TPSA) is 68.3 Å². The molecule has 4 nitrogen and oxygen atoms in total. The van der Waals surface area contributed by atoms with E-state index in [2.05, 4.69) is 26.1 Å². The Morgan fingerprint density at radius 2 is 2.00 bits per heavy atom. The number of carbonyl (C=O) groups is 1. The molecule has 0 spiro atoms.